The molecule has 1 aromatic carbocycles. The average Bonchev–Trinajstić information content (AvgIpc) is 2.86. The van der Waals surface area contributed by atoms with E-state index in [1.165, 1.54) is 32.5 Å². The van der Waals surface area contributed by atoms with Gasteiger partial charge in [0.2, 0.25) is 0 Å². The molecule has 0 saturated carbocycles. The van der Waals surface area contributed by atoms with Gasteiger partial charge in [0.15, 0.2) is 0 Å². The van der Waals surface area contributed by atoms with Gasteiger partial charge in [-0.2, -0.15) is 0 Å². The minimum Gasteiger partial charge on any atom is -0.478 e. The van der Waals surface area contributed by atoms with E-state index >= 15 is 0 Å². The first-order valence-corrected chi connectivity index (χ1v) is 7.89. The summed E-state index contributed by atoms with van der Waals surface area (Å²) in [5.74, 6) is -0.0178. The van der Waals surface area contributed by atoms with Gasteiger partial charge in [-0.1, -0.05) is 18.2 Å². The summed E-state index contributed by atoms with van der Waals surface area (Å²) in [5, 5.41) is 9.25. The van der Waals surface area contributed by atoms with E-state index < -0.39 is 5.97 Å². The van der Waals surface area contributed by atoms with Crippen molar-refractivity contribution < 1.29 is 9.90 Å². The van der Waals surface area contributed by atoms with Crippen LogP contribution in [0.5, 0.6) is 0 Å². The molecule has 2 aliphatic heterocycles. The average molecular weight is 288 g/mol. The summed E-state index contributed by atoms with van der Waals surface area (Å²) in [7, 11) is 2.20. The maximum Gasteiger partial charge on any atom is 0.335 e. The van der Waals surface area contributed by atoms with E-state index in [0.29, 0.717) is 11.6 Å². The normalized spacial score (nSPS) is 28.0. The minimum absolute atomic E-state index is 0.446. The van der Waals surface area contributed by atoms with Gasteiger partial charge in [-0.05, 0) is 56.9 Å². The number of nitrogens with zero attached hydrogens (tertiary/aromatic N) is 2. The molecule has 114 valence electrons. The number of fused-ring (bicyclic) bond motifs is 2. The van der Waals surface area contributed by atoms with Crippen molar-refractivity contribution >= 4 is 5.97 Å². The summed E-state index contributed by atoms with van der Waals surface area (Å²) in [4.78, 5) is 16.3. The first-order chi connectivity index (χ1) is 10.1. The Bertz CT molecular complexity index is 517. The van der Waals surface area contributed by atoms with Gasteiger partial charge in [0.25, 0.3) is 0 Å². The number of hydrogen-bond donors (Lipinski definition) is 1. The second-order valence-corrected chi connectivity index (χ2v) is 6.40. The van der Waals surface area contributed by atoms with Crippen LogP contribution in [0.15, 0.2) is 24.3 Å². The third kappa shape index (κ3) is 3.11. The molecule has 0 aromatic heterocycles. The summed E-state index contributed by atoms with van der Waals surface area (Å²) < 4.78 is 0. The maximum absolute atomic E-state index is 11.3. The van der Waals surface area contributed by atoms with Gasteiger partial charge in [0.1, 0.15) is 0 Å². The summed E-state index contributed by atoms with van der Waals surface area (Å²) >= 11 is 0. The van der Waals surface area contributed by atoms with Gasteiger partial charge >= 0.3 is 5.97 Å². The van der Waals surface area contributed by atoms with Crippen LogP contribution in [-0.4, -0.2) is 60.1 Å². The van der Waals surface area contributed by atoms with E-state index in [-0.39, 0.29) is 0 Å². The Balaban J connectivity index is 1.61. The molecule has 3 rings (SSSR count). The Morgan fingerprint density at radius 2 is 2.10 bits per heavy atom. The first-order valence-electron chi connectivity index (χ1n) is 7.89. The van der Waals surface area contributed by atoms with Crippen LogP contribution in [0.25, 0.3) is 0 Å². The molecule has 2 heterocycles. The molecule has 3 atom stereocenters. The maximum atomic E-state index is 11.3. The number of carboxylic acid groups (broad SMARTS) is 1. The van der Waals surface area contributed by atoms with Crippen LogP contribution in [0.1, 0.15) is 28.8 Å². The van der Waals surface area contributed by atoms with Crippen LogP contribution >= 0.6 is 0 Å². The third-order valence-corrected chi connectivity index (χ3v) is 5.14. The van der Waals surface area contributed by atoms with Crippen LogP contribution in [0.2, 0.25) is 0 Å². The zero-order valence-corrected chi connectivity index (χ0v) is 12.7. The molecule has 21 heavy (non-hydrogen) atoms. The van der Waals surface area contributed by atoms with Crippen molar-refractivity contribution in [3.63, 3.8) is 0 Å². The topological polar surface area (TPSA) is 43.8 Å². The van der Waals surface area contributed by atoms with E-state index in [1.54, 1.807) is 12.1 Å². The molecule has 2 saturated heterocycles. The van der Waals surface area contributed by atoms with E-state index in [9.17, 15) is 9.90 Å². The highest BCUT2D eigenvalue weighted by Crippen LogP contribution is 2.30. The van der Waals surface area contributed by atoms with Gasteiger partial charge in [-0.15, -0.1) is 0 Å². The van der Waals surface area contributed by atoms with Crippen molar-refractivity contribution in [3.8, 4) is 0 Å². The van der Waals surface area contributed by atoms with Gasteiger partial charge < -0.3 is 14.9 Å². The van der Waals surface area contributed by atoms with Gasteiger partial charge in [-0.3, -0.25) is 0 Å². The Hall–Kier alpha value is -1.39. The number of likely N-dealkylation sites (N-methyl/N-ethyl adjacent to an activating group) is 1. The third-order valence-electron chi connectivity index (χ3n) is 5.14. The number of hydrogen-bond acceptors (Lipinski definition) is 3. The number of carbonyl (C=O) groups is 1. The lowest BCUT2D eigenvalue weighted by Gasteiger charge is -2.37. The van der Waals surface area contributed by atoms with Gasteiger partial charge in [0.05, 0.1) is 5.56 Å². The smallest absolute Gasteiger partial charge is 0.335 e. The number of aromatic carboxylic acids is 1. The SMILES string of the molecule is CN(CCc1ccccc1C(=O)O)C1CCN2CCC1C2. The molecule has 1 N–H and O–H groups in total. The predicted molar refractivity (Wildman–Crippen MR) is 82.7 cm³/mol. The van der Waals surface area contributed by atoms with Crippen LogP contribution in [0.3, 0.4) is 0 Å². The van der Waals surface area contributed by atoms with E-state index in [1.807, 2.05) is 12.1 Å². The van der Waals surface area contributed by atoms with Crippen molar-refractivity contribution in [3.05, 3.63) is 35.4 Å². The Labute approximate surface area is 126 Å². The number of benzene rings is 1. The summed E-state index contributed by atoms with van der Waals surface area (Å²) in [6, 6.07) is 8.03. The van der Waals surface area contributed by atoms with Gasteiger partial charge in [-0.25, -0.2) is 4.79 Å². The molecular weight excluding hydrogens is 264 g/mol. The molecule has 2 bridgehead atoms. The summed E-state index contributed by atoms with van der Waals surface area (Å²) in [6.07, 6.45) is 3.38. The van der Waals surface area contributed by atoms with Gasteiger partial charge in [0, 0.05) is 19.1 Å². The zero-order valence-electron chi connectivity index (χ0n) is 12.7. The molecular formula is C17H24N2O2. The highest BCUT2D eigenvalue weighted by atomic mass is 16.4. The highest BCUT2D eigenvalue weighted by Gasteiger charge is 2.35. The quantitative estimate of drug-likeness (QED) is 0.899. The van der Waals surface area contributed by atoms with Crippen molar-refractivity contribution in [1.29, 1.82) is 0 Å². The predicted octanol–water partition coefficient (Wildman–Crippen LogP) is 1.95. The number of piperidine rings is 1. The molecule has 4 heteroatoms. The van der Waals surface area contributed by atoms with E-state index in [2.05, 4.69) is 16.8 Å². The van der Waals surface area contributed by atoms with Crippen molar-refractivity contribution in [2.45, 2.75) is 25.3 Å². The van der Waals surface area contributed by atoms with Crippen LogP contribution in [-0.2, 0) is 6.42 Å². The Morgan fingerprint density at radius 1 is 1.33 bits per heavy atom. The Morgan fingerprint density at radius 3 is 2.90 bits per heavy atom. The second kappa shape index (κ2) is 6.16. The van der Waals surface area contributed by atoms with Crippen LogP contribution in [0.4, 0.5) is 0 Å². The fourth-order valence-electron chi connectivity index (χ4n) is 3.92. The molecule has 0 spiro atoms. The molecule has 2 fully saturated rings. The molecule has 0 amide bonds. The molecule has 4 nitrogen and oxygen atoms in total. The fourth-order valence-corrected chi connectivity index (χ4v) is 3.92. The molecule has 1 aromatic rings. The van der Waals surface area contributed by atoms with Crippen molar-refractivity contribution in [2.24, 2.45) is 5.92 Å². The monoisotopic (exact) mass is 288 g/mol. The number of carboxylic acids is 1. The lowest BCUT2D eigenvalue weighted by atomic mass is 9.92. The first kappa shape index (κ1) is 14.5. The minimum atomic E-state index is -0.822. The van der Waals surface area contributed by atoms with E-state index in [4.69, 9.17) is 0 Å². The van der Waals surface area contributed by atoms with E-state index in [0.717, 1.165) is 24.4 Å². The molecule has 0 radical (unpaired) electrons. The summed E-state index contributed by atoms with van der Waals surface area (Å²) in [6.45, 7) is 4.67. The molecule has 3 unspecified atom stereocenters. The standard InChI is InChI=1S/C17H24N2O2/c1-18(16-8-11-19-10-7-14(16)12-19)9-6-13-4-2-3-5-15(13)17(20)21/h2-5,14,16H,6-12H2,1H3,(H,20,21). The largest absolute Gasteiger partial charge is 0.478 e. The van der Waals surface area contributed by atoms with Crippen LogP contribution in [0, 0.1) is 5.92 Å². The lowest BCUT2D eigenvalue weighted by Crippen LogP contribution is -2.45. The lowest BCUT2D eigenvalue weighted by molar-refractivity contribution is 0.0695. The number of rotatable bonds is 5. The van der Waals surface area contributed by atoms with Crippen LogP contribution < -0.4 is 0 Å². The Kier molecular flexibility index (Phi) is 4.27. The zero-order chi connectivity index (χ0) is 14.8. The second-order valence-electron chi connectivity index (χ2n) is 6.40. The highest BCUT2D eigenvalue weighted by molar-refractivity contribution is 5.89. The molecule has 0 aliphatic carbocycles. The molecule has 2 aliphatic rings. The summed E-state index contributed by atoms with van der Waals surface area (Å²) in [5.41, 5.74) is 1.39. The fraction of sp³-hybridized carbons (Fsp3) is 0.588. The van der Waals surface area contributed by atoms with Crippen molar-refractivity contribution in [1.82, 2.24) is 9.80 Å². The van der Waals surface area contributed by atoms with Crippen molar-refractivity contribution in [2.75, 3.05) is 33.2 Å².